The molecule has 0 spiro atoms. The Bertz CT molecular complexity index is 733. The van der Waals surface area contributed by atoms with Gasteiger partial charge in [0.15, 0.2) is 23.4 Å². The Hall–Kier alpha value is -2.77. The normalized spacial score (nSPS) is 17.0. The van der Waals surface area contributed by atoms with Gasteiger partial charge >= 0.3 is 6.03 Å². The zero-order valence-corrected chi connectivity index (χ0v) is 14.7. The fourth-order valence-corrected chi connectivity index (χ4v) is 2.78. The smallest absolute Gasteiger partial charge is 0.318 e. The molecule has 2 aromatic rings. The number of urea groups is 1. The van der Waals surface area contributed by atoms with E-state index in [-0.39, 0.29) is 18.2 Å². The second-order valence-corrected chi connectivity index (χ2v) is 6.01. The van der Waals surface area contributed by atoms with Crippen LogP contribution < -0.4 is 14.8 Å². The molecule has 25 heavy (non-hydrogen) atoms. The molecule has 0 unspecified atom stereocenters. The van der Waals surface area contributed by atoms with Crippen molar-refractivity contribution >= 4 is 6.03 Å². The van der Waals surface area contributed by atoms with Crippen LogP contribution in [0.5, 0.6) is 11.5 Å². The van der Waals surface area contributed by atoms with Crippen molar-refractivity contribution in [3.8, 4) is 11.5 Å². The number of amides is 2. The number of ether oxygens (including phenoxy) is 2. The van der Waals surface area contributed by atoms with Crippen molar-refractivity contribution in [2.45, 2.75) is 26.0 Å². The minimum Gasteiger partial charge on any atom is -0.486 e. The Morgan fingerprint density at radius 3 is 2.88 bits per heavy atom. The summed E-state index contributed by atoms with van der Waals surface area (Å²) in [6, 6.07) is 7.14. The molecule has 1 aromatic heterocycles. The molecule has 0 saturated heterocycles. The molecule has 1 aliphatic rings. The van der Waals surface area contributed by atoms with E-state index in [1.54, 1.807) is 15.8 Å². The molecule has 1 aromatic carbocycles. The fraction of sp³-hybridized carbons (Fsp3) is 0.471. The maximum absolute atomic E-state index is 12.6. The van der Waals surface area contributed by atoms with Crippen molar-refractivity contribution in [1.29, 1.82) is 0 Å². The van der Waals surface area contributed by atoms with Gasteiger partial charge in [-0.3, -0.25) is 0 Å². The number of hydrogen-bond donors (Lipinski definition) is 1. The van der Waals surface area contributed by atoms with Crippen LogP contribution in [0.1, 0.15) is 25.7 Å². The van der Waals surface area contributed by atoms with Crippen molar-refractivity contribution in [2.24, 2.45) is 7.05 Å². The molecule has 0 fully saturated rings. The minimum atomic E-state index is -0.238. The van der Waals surface area contributed by atoms with Gasteiger partial charge in [0.05, 0.1) is 12.6 Å². The van der Waals surface area contributed by atoms with E-state index in [1.807, 2.05) is 45.2 Å². The predicted octanol–water partition coefficient (Wildman–Crippen LogP) is 1.75. The van der Waals surface area contributed by atoms with Gasteiger partial charge in [0, 0.05) is 13.6 Å². The van der Waals surface area contributed by atoms with E-state index in [2.05, 4.69) is 15.5 Å². The molecular formula is C17H23N5O3. The summed E-state index contributed by atoms with van der Waals surface area (Å²) in [6.45, 7) is 5.25. The minimum absolute atomic E-state index is 0.166. The van der Waals surface area contributed by atoms with Crippen LogP contribution in [0.25, 0.3) is 0 Å². The van der Waals surface area contributed by atoms with E-state index in [0.717, 1.165) is 5.75 Å². The van der Waals surface area contributed by atoms with Gasteiger partial charge in [-0.05, 0) is 26.0 Å². The molecule has 1 aliphatic heterocycles. The molecule has 0 saturated carbocycles. The van der Waals surface area contributed by atoms with Crippen LogP contribution in [0.4, 0.5) is 4.79 Å². The SMILES string of the molecule is CCN(C[C@@H]1COc2ccccc2O1)C(=O)N[C@@H](C)c1nncn1C. The van der Waals surface area contributed by atoms with Gasteiger partial charge in [0.25, 0.3) is 0 Å². The van der Waals surface area contributed by atoms with Crippen LogP contribution in [0.15, 0.2) is 30.6 Å². The molecular weight excluding hydrogens is 322 g/mol. The molecule has 8 heteroatoms. The number of fused-ring (bicyclic) bond motifs is 1. The first-order valence-electron chi connectivity index (χ1n) is 8.36. The molecule has 8 nitrogen and oxygen atoms in total. The van der Waals surface area contributed by atoms with Gasteiger partial charge in [0.1, 0.15) is 12.9 Å². The van der Waals surface area contributed by atoms with E-state index < -0.39 is 0 Å². The first-order chi connectivity index (χ1) is 12.1. The first kappa shape index (κ1) is 17.1. The molecule has 134 valence electrons. The zero-order chi connectivity index (χ0) is 17.8. The lowest BCUT2D eigenvalue weighted by Gasteiger charge is -2.31. The van der Waals surface area contributed by atoms with Gasteiger partial charge in [0.2, 0.25) is 0 Å². The Morgan fingerprint density at radius 1 is 1.44 bits per heavy atom. The summed E-state index contributed by atoms with van der Waals surface area (Å²) in [5, 5.41) is 10.8. The summed E-state index contributed by atoms with van der Waals surface area (Å²) in [5.41, 5.74) is 0. The van der Waals surface area contributed by atoms with Crippen molar-refractivity contribution in [2.75, 3.05) is 19.7 Å². The number of carbonyl (C=O) groups is 1. The number of rotatable bonds is 5. The number of benzene rings is 1. The lowest BCUT2D eigenvalue weighted by Crippen LogP contribution is -2.48. The van der Waals surface area contributed by atoms with Crippen LogP contribution >= 0.6 is 0 Å². The van der Waals surface area contributed by atoms with Crippen molar-refractivity contribution in [1.82, 2.24) is 25.0 Å². The number of aryl methyl sites for hydroxylation is 1. The van der Waals surface area contributed by atoms with Crippen molar-refractivity contribution < 1.29 is 14.3 Å². The van der Waals surface area contributed by atoms with E-state index in [4.69, 9.17) is 9.47 Å². The third-order valence-electron chi connectivity index (χ3n) is 4.13. The van der Waals surface area contributed by atoms with Crippen LogP contribution in [-0.2, 0) is 7.05 Å². The molecule has 2 atom stereocenters. The Morgan fingerprint density at radius 2 is 2.20 bits per heavy atom. The molecule has 0 bridgehead atoms. The maximum atomic E-state index is 12.6. The van der Waals surface area contributed by atoms with E-state index in [1.165, 1.54) is 0 Å². The number of nitrogens with one attached hydrogen (secondary N) is 1. The molecule has 0 radical (unpaired) electrons. The van der Waals surface area contributed by atoms with E-state index in [0.29, 0.717) is 31.3 Å². The largest absolute Gasteiger partial charge is 0.486 e. The average molecular weight is 345 g/mol. The van der Waals surface area contributed by atoms with Crippen LogP contribution in [0, 0.1) is 0 Å². The molecule has 2 heterocycles. The number of likely N-dealkylation sites (N-methyl/N-ethyl adjacent to an activating group) is 1. The van der Waals surface area contributed by atoms with Gasteiger partial charge < -0.3 is 24.3 Å². The Labute approximate surface area is 146 Å². The average Bonchev–Trinajstić information content (AvgIpc) is 3.05. The molecule has 0 aliphatic carbocycles. The second kappa shape index (κ2) is 7.42. The highest BCUT2D eigenvalue weighted by molar-refractivity contribution is 5.74. The predicted molar refractivity (Wildman–Crippen MR) is 91.5 cm³/mol. The molecule has 1 N–H and O–H groups in total. The lowest BCUT2D eigenvalue weighted by atomic mass is 10.2. The van der Waals surface area contributed by atoms with Gasteiger partial charge in [-0.2, -0.15) is 0 Å². The van der Waals surface area contributed by atoms with Gasteiger partial charge in [-0.15, -0.1) is 10.2 Å². The van der Waals surface area contributed by atoms with Crippen molar-refractivity contribution in [3.63, 3.8) is 0 Å². The Balaban J connectivity index is 1.59. The van der Waals surface area contributed by atoms with Gasteiger partial charge in [-0.25, -0.2) is 4.79 Å². The number of hydrogen-bond acceptors (Lipinski definition) is 5. The van der Waals surface area contributed by atoms with Crippen LogP contribution in [0.2, 0.25) is 0 Å². The first-order valence-corrected chi connectivity index (χ1v) is 8.36. The monoisotopic (exact) mass is 345 g/mol. The highest BCUT2D eigenvalue weighted by atomic mass is 16.6. The van der Waals surface area contributed by atoms with E-state index in [9.17, 15) is 4.79 Å². The third kappa shape index (κ3) is 3.84. The number of carbonyl (C=O) groups excluding carboxylic acids is 1. The number of aromatic nitrogens is 3. The van der Waals surface area contributed by atoms with E-state index >= 15 is 0 Å². The Kier molecular flexibility index (Phi) is 5.06. The highest BCUT2D eigenvalue weighted by Crippen LogP contribution is 2.31. The van der Waals surface area contributed by atoms with Gasteiger partial charge in [-0.1, -0.05) is 12.1 Å². The summed E-state index contributed by atoms with van der Waals surface area (Å²) in [5.74, 6) is 2.15. The summed E-state index contributed by atoms with van der Waals surface area (Å²) < 4.78 is 13.4. The topological polar surface area (TPSA) is 81.5 Å². The molecule has 3 rings (SSSR count). The fourth-order valence-electron chi connectivity index (χ4n) is 2.78. The maximum Gasteiger partial charge on any atom is 0.318 e. The quantitative estimate of drug-likeness (QED) is 0.893. The third-order valence-corrected chi connectivity index (χ3v) is 4.13. The summed E-state index contributed by atoms with van der Waals surface area (Å²) in [4.78, 5) is 14.3. The lowest BCUT2D eigenvalue weighted by molar-refractivity contribution is 0.0671. The summed E-state index contributed by atoms with van der Waals surface area (Å²) in [7, 11) is 1.85. The highest BCUT2D eigenvalue weighted by Gasteiger charge is 2.26. The summed E-state index contributed by atoms with van der Waals surface area (Å²) >= 11 is 0. The molecule has 2 amide bonds. The number of para-hydroxylation sites is 2. The number of nitrogens with zero attached hydrogens (tertiary/aromatic N) is 4. The second-order valence-electron chi connectivity index (χ2n) is 6.01. The standard InChI is InChI=1S/C17H23N5O3/c1-4-22(17(23)19-12(2)16-20-18-11-21(16)3)9-13-10-24-14-7-5-6-8-15(14)25-13/h5-8,11-13H,4,9-10H2,1-3H3,(H,19,23)/t12-,13+/m0/s1. The summed E-state index contributed by atoms with van der Waals surface area (Å²) in [6.07, 6.45) is 1.41. The van der Waals surface area contributed by atoms with Crippen molar-refractivity contribution in [3.05, 3.63) is 36.4 Å². The van der Waals surface area contributed by atoms with Crippen LogP contribution in [0.3, 0.4) is 0 Å². The zero-order valence-electron chi connectivity index (χ0n) is 14.7. The van der Waals surface area contributed by atoms with Crippen LogP contribution in [-0.4, -0.2) is 51.5 Å².